The van der Waals surface area contributed by atoms with Gasteiger partial charge < -0.3 is 14.5 Å². The fraction of sp³-hybridized carbons (Fsp3) is 0.129. The Morgan fingerprint density at radius 3 is 2.36 bits per heavy atom. The summed E-state index contributed by atoms with van der Waals surface area (Å²) in [5.41, 5.74) is 5.29. The van der Waals surface area contributed by atoms with Crippen LogP contribution >= 0.6 is 27.3 Å². The van der Waals surface area contributed by atoms with Crippen LogP contribution in [0.3, 0.4) is 0 Å². The van der Waals surface area contributed by atoms with Gasteiger partial charge in [-0.1, -0.05) is 54.6 Å². The molecule has 196 valence electrons. The fourth-order valence-corrected chi connectivity index (χ4v) is 5.81. The number of rotatable bonds is 9. The molecule has 0 spiro atoms. The van der Waals surface area contributed by atoms with E-state index < -0.39 is 0 Å². The highest BCUT2D eigenvalue weighted by atomic mass is 79.9. The number of H-pyrrole nitrogens is 1. The van der Waals surface area contributed by atoms with Crippen molar-refractivity contribution >= 4 is 55.9 Å². The maximum absolute atomic E-state index is 13.2. The Bertz CT molecular complexity index is 1650. The van der Waals surface area contributed by atoms with E-state index in [0.29, 0.717) is 22.6 Å². The number of hydrogen-bond donors (Lipinski definition) is 1. The SMILES string of the molecule is CCOC(=O)Cc1cc(C(=O)c2ccc3cc(-c4ccc(C(=O)OCc5ccccc5)cc4)[nH]c3c2)sc1Br. The molecular weight excluding hydrogens is 578 g/mol. The second-order valence-corrected chi connectivity index (χ2v) is 11.2. The Morgan fingerprint density at radius 2 is 1.62 bits per heavy atom. The molecule has 0 atom stereocenters. The minimum atomic E-state index is -0.379. The molecule has 0 aliphatic heterocycles. The number of nitrogens with one attached hydrogen (secondary N) is 1. The van der Waals surface area contributed by atoms with Gasteiger partial charge in [-0.2, -0.15) is 0 Å². The van der Waals surface area contributed by atoms with Crippen molar-refractivity contribution in [3.05, 3.63) is 116 Å². The van der Waals surface area contributed by atoms with E-state index >= 15 is 0 Å². The lowest BCUT2D eigenvalue weighted by molar-refractivity contribution is -0.142. The number of ketones is 1. The summed E-state index contributed by atoms with van der Waals surface area (Å²) < 4.78 is 11.2. The van der Waals surface area contributed by atoms with Gasteiger partial charge in [0.05, 0.1) is 27.3 Å². The first-order chi connectivity index (χ1) is 18.9. The van der Waals surface area contributed by atoms with E-state index in [0.717, 1.165) is 37.1 Å². The largest absolute Gasteiger partial charge is 0.466 e. The lowest BCUT2D eigenvalue weighted by Gasteiger charge is -2.05. The van der Waals surface area contributed by atoms with E-state index in [4.69, 9.17) is 9.47 Å². The summed E-state index contributed by atoms with van der Waals surface area (Å²) in [6, 6.07) is 26.0. The molecule has 0 amide bonds. The number of carbonyl (C=O) groups is 3. The average molecular weight is 603 g/mol. The van der Waals surface area contributed by atoms with Crippen molar-refractivity contribution in [3.63, 3.8) is 0 Å². The molecule has 2 heterocycles. The van der Waals surface area contributed by atoms with Gasteiger partial charge in [-0.05, 0) is 69.9 Å². The first-order valence-electron chi connectivity index (χ1n) is 12.3. The number of aromatic nitrogens is 1. The summed E-state index contributed by atoms with van der Waals surface area (Å²) in [5, 5.41) is 0.961. The van der Waals surface area contributed by atoms with Crippen molar-refractivity contribution in [1.82, 2.24) is 4.98 Å². The van der Waals surface area contributed by atoms with Crippen molar-refractivity contribution in [2.75, 3.05) is 6.61 Å². The first-order valence-corrected chi connectivity index (χ1v) is 13.9. The van der Waals surface area contributed by atoms with Crippen LogP contribution in [0.4, 0.5) is 0 Å². The van der Waals surface area contributed by atoms with Crippen LogP contribution in [0.5, 0.6) is 0 Å². The van der Waals surface area contributed by atoms with Crippen molar-refractivity contribution in [2.24, 2.45) is 0 Å². The second-order valence-electron chi connectivity index (χ2n) is 8.84. The zero-order chi connectivity index (χ0) is 27.4. The molecule has 0 aliphatic carbocycles. The van der Waals surface area contributed by atoms with Gasteiger partial charge in [0, 0.05) is 22.2 Å². The van der Waals surface area contributed by atoms with Crippen LogP contribution in [0.25, 0.3) is 22.2 Å². The maximum Gasteiger partial charge on any atom is 0.338 e. The number of hydrogen-bond acceptors (Lipinski definition) is 6. The Morgan fingerprint density at radius 1 is 0.872 bits per heavy atom. The van der Waals surface area contributed by atoms with Gasteiger partial charge in [0.15, 0.2) is 0 Å². The number of esters is 2. The first kappa shape index (κ1) is 26.6. The molecule has 0 saturated carbocycles. The number of halogens is 1. The molecule has 0 saturated heterocycles. The molecule has 8 heteroatoms. The molecular formula is C31H24BrNO5S. The van der Waals surface area contributed by atoms with Crippen LogP contribution in [0.1, 0.15) is 43.6 Å². The molecule has 3 aromatic carbocycles. The highest BCUT2D eigenvalue weighted by molar-refractivity contribution is 9.11. The van der Waals surface area contributed by atoms with Crippen molar-refractivity contribution in [2.45, 2.75) is 20.0 Å². The van der Waals surface area contributed by atoms with E-state index in [9.17, 15) is 14.4 Å². The molecule has 0 unspecified atom stereocenters. The third-order valence-corrected chi connectivity index (χ3v) is 8.11. The minimum Gasteiger partial charge on any atom is -0.466 e. The molecule has 0 bridgehead atoms. The average Bonchev–Trinajstić information content (AvgIpc) is 3.55. The lowest BCUT2D eigenvalue weighted by atomic mass is 10.1. The topological polar surface area (TPSA) is 85.5 Å². The summed E-state index contributed by atoms with van der Waals surface area (Å²) in [5.74, 6) is -0.824. The van der Waals surface area contributed by atoms with E-state index in [1.165, 1.54) is 11.3 Å². The fourth-order valence-electron chi connectivity index (χ4n) is 4.16. The second kappa shape index (κ2) is 11.8. The number of aromatic amines is 1. The third kappa shape index (κ3) is 6.19. The van der Waals surface area contributed by atoms with Crippen LogP contribution in [0.2, 0.25) is 0 Å². The number of benzene rings is 3. The van der Waals surface area contributed by atoms with E-state index in [-0.39, 0.29) is 30.7 Å². The van der Waals surface area contributed by atoms with Gasteiger partial charge in [-0.15, -0.1) is 11.3 Å². The molecule has 0 radical (unpaired) electrons. The minimum absolute atomic E-state index is 0.112. The molecule has 0 fully saturated rings. The van der Waals surface area contributed by atoms with Crippen molar-refractivity contribution < 1.29 is 23.9 Å². The standard InChI is InChI=1S/C31H24BrNO5S/c1-2-37-28(34)17-24-16-27(39-30(24)32)29(35)23-13-12-22-14-25(33-26(22)15-23)20-8-10-21(11-9-20)31(36)38-18-19-6-4-3-5-7-19/h3-16,33H,2,17-18H2,1H3. The number of ether oxygens (including phenoxy) is 2. The summed E-state index contributed by atoms with van der Waals surface area (Å²) >= 11 is 4.77. The number of thiophene rings is 1. The zero-order valence-corrected chi connectivity index (χ0v) is 23.4. The van der Waals surface area contributed by atoms with Crippen LogP contribution in [0, 0.1) is 0 Å². The van der Waals surface area contributed by atoms with Crippen molar-refractivity contribution in [3.8, 4) is 11.3 Å². The van der Waals surface area contributed by atoms with Gasteiger partial charge in [0.1, 0.15) is 6.61 Å². The van der Waals surface area contributed by atoms with Crippen molar-refractivity contribution in [1.29, 1.82) is 0 Å². The van der Waals surface area contributed by atoms with Crippen LogP contribution in [-0.4, -0.2) is 29.3 Å². The van der Waals surface area contributed by atoms with Gasteiger partial charge in [0.25, 0.3) is 0 Å². The lowest BCUT2D eigenvalue weighted by Crippen LogP contribution is -2.07. The van der Waals surface area contributed by atoms with Crippen LogP contribution in [0.15, 0.2) is 88.7 Å². The number of fused-ring (bicyclic) bond motifs is 1. The predicted octanol–water partition coefficient (Wildman–Crippen LogP) is 7.35. The molecule has 5 aromatic rings. The highest BCUT2D eigenvalue weighted by Gasteiger charge is 2.18. The van der Waals surface area contributed by atoms with Gasteiger partial charge in [0.2, 0.25) is 5.78 Å². The van der Waals surface area contributed by atoms with Gasteiger partial charge in [-0.3, -0.25) is 9.59 Å². The Hall–Kier alpha value is -4.01. The van der Waals surface area contributed by atoms with E-state index in [1.54, 1.807) is 31.2 Å². The molecule has 5 rings (SSSR count). The summed E-state index contributed by atoms with van der Waals surface area (Å²) in [6.07, 6.45) is 0.112. The molecule has 0 aliphatic rings. The van der Waals surface area contributed by atoms with E-state index in [1.807, 2.05) is 60.7 Å². The molecule has 1 N–H and O–H groups in total. The molecule has 2 aromatic heterocycles. The smallest absolute Gasteiger partial charge is 0.338 e. The summed E-state index contributed by atoms with van der Waals surface area (Å²) in [7, 11) is 0. The third-order valence-electron chi connectivity index (χ3n) is 6.15. The maximum atomic E-state index is 13.2. The quantitative estimate of drug-likeness (QED) is 0.141. The van der Waals surface area contributed by atoms with Gasteiger partial charge >= 0.3 is 11.9 Å². The van der Waals surface area contributed by atoms with Crippen LogP contribution in [-0.2, 0) is 27.3 Å². The monoisotopic (exact) mass is 601 g/mol. The zero-order valence-electron chi connectivity index (χ0n) is 21.0. The molecule has 39 heavy (non-hydrogen) atoms. The Kier molecular flexibility index (Phi) is 8.05. The van der Waals surface area contributed by atoms with Crippen LogP contribution < -0.4 is 0 Å². The summed E-state index contributed by atoms with van der Waals surface area (Å²) in [4.78, 5) is 41.4. The van der Waals surface area contributed by atoms with Gasteiger partial charge in [-0.25, -0.2) is 4.79 Å². The molecule has 6 nitrogen and oxygen atoms in total. The summed E-state index contributed by atoms with van der Waals surface area (Å²) in [6.45, 7) is 2.30. The number of carbonyl (C=O) groups excluding carboxylic acids is 3. The Labute approximate surface area is 237 Å². The Balaban J connectivity index is 1.29. The van der Waals surface area contributed by atoms with E-state index in [2.05, 4.69) is 20.9 Å². The highest BCUT2D eigenvalue weighted by Crippen LogP contribution is 2.32. The predicted molar refractivity (Wildman–Crippen MR) is 155 cm³/mol. The normalized spacial score (nSPS) is 10.9.